The Bertz CT molecular complexity index is 697. The van der Waals surface area contributed by atoms with Gasteiger partial charge in [0.1, 0.15) is 5.75 Å². The van der Waals surface area contributed by atoms with Crippen LogP contribution in [0.2, 0.25) is 0 Å². The lowest BCUT2D eigenvalue weighted by atomic mass is 10.2. The van der Waals surface area contributed by atoms with E-state index in [0.717, 1.165) is 16.7 Å². The number of nitrogens with zero attached hydrogens (tertiary/aromatic N) is 2. The average Bonchev–Trinajstić information content (AvgIpc) is 2.40. The predicted octanol–water partition coefficient (Wildman–Crippen LogP) is 2.07. The van der Waals surface area contributed by atoms with Crippen LogP contribution in [0.15, 0.2) is 29.3 Å². The van der Waals surface area contributed by atoms with Crippen LogP contribution in [0.5, 0.6) is 5.75 Å². The van der Waals surface area contributed by atoms with Crippen molar-refractivity contribution in [2.24, 2.45) is 0 Å². The van der Waals surface area contributed by atoms with Crippen molar-refractivity contribution in [3.63, 3.8) is 0 Å². The van der Waals surface area contributed by atoms with E-state index in [2.05, 4.69) is 9.72 Å². The molecule has 1 aromatic carbocycles. The predicted molar refractivity (Wildman–Crippen MR) is 69.0 cm³/mol. The van der Waals surface area contributed by atoms with E-state index in [4.69, 9.17) is 0 Å². The topological polar surface area (TPSA) is 64.3 Å². The van der Waals surface area contributed by atoms with Gasteiger partial charge in [-0.1, -0.05) is 6.92 Å². The fraction of sp³-hybridized carbons (Fsp3) is 0.385. The molecule has 0 saturated heterocycles. The zero-order valence-electron chi connectivity index (χ0n) is 11.1. The number of ether oxygens (including phenoxy) is 1. The molecule has 0 unspecified atom stereocenters. The number of fused-ring (bicyclic) bond motifs is 1. The summed E-state index contributed by atoms with van der Waals surface area (Å²) in [4.78, 5) is 16.2. The molecule has 1 heterocycles. The molecule has 0 aliphatic rings. The van der Waals surface area contributed by atoms with Crippen LogP contribution >= 0.6 is 0 Å². The highest BCUT2D eigenvalue weighted by atomic mass is 19.4. The van der Waals surface area contributed by atoms with Gasteiger partial charge in [0.15, 0.2) is 0 Å². The molecule has 0 aliphatic carbocycles. The third kappa shape index (κ3) is 3.72. The molecule has 0 bridgehead atoms. The van der Waals surface area contributed by atoms with Crippen molar-refractivity contribution in [1.82, 2.24) is 9.55 Å². The van der Waals surface area contributed by atoms with Gasteiger partial charge < -0.3 is 9.84 Å². The highest BCUT2D eigenvalue weighted by molar-refractivity contribution is 5.78. The fourth-order valence-electron chi connectivity index (χ4n) is 1.82. The smallest absolute Gasteiger partial charge is 0.406 e. The lowest BCUT2D eigenvalue weighted by Gasteiger charge is -2.12. The molecular formula is C13H13F3N2O3. The zero-order valence-corrected chi connectivity index (χ0v) is 11.1. The maximum Gasteiger partial charge on any atom is 0.573 e. The number of benzene rings is 1. The van der Waals surface area contributed by atoms with Gasteiger partial charge in [-0.05, 0) is 24.6 Å². The van der Waals surface area contributed by atoms with Crippen LogP contribution < -0.4 is 10.3 Å². The monoisotopic (exact) mass is 302 g/mol. The number of hydrogen-bond acceptors (Lipinski definition) is 4. The summed E-state index contributed by atoms with van der Waals surface area (Å²) in [5, 5.41) is 9.56. The number of aliphatic hydroxyl groups excluding tert-OH is 1. The third-order valence-corrected chi connectivity index (χ3v) is 2.91. The Hall–Kier alpha value is -2.09. The number of aliphatic hydroxyl groups is 1. The molecule has 114 valence electrons. The number of halogens is 3. The standard InChI is InChI=1S/C13H13F3N2O3/c1-2-8(19)6-18-7-17-11-4-3-9(21-13(14,15)16)5-10(11)12(18)20/h3-5,7-8,19H,2,6H2,1H3/t8-/m0/s1. The summed E-state index contributed by atoms with van der Waals surface area (Å²) < 4.78 is 41.5. The van der Waals surface area contributed by atoms with Gasteiger partial charge in [-0.2, -0.15) is 0 Å². The molecule has 5 nitrogen and oxygen atoms in total. The molecule has 1 atom stereocenters. The molecule has 0 fully saturated rings. The Labute approximate surface area is 117 Å². The Kier molecular flexibility index (Phi) is 4.17. The van der Waals surface area contributed by atoms with E-state index in [9.17, 15) is 23.1 Å². The molecule has 0 aliphatic heterocycles. The molecule has 21 heavy (non-hydrogen) atoms. The molecule has 0 radical (unpaired) electrons. The maximum atomic E-state index is 12.2. The maximum absolute atomic E-state index is 12.2. The summed E-state index contributed by atoms with van der Waals surface area (Å²) >= 11 is 0. The second kappa shape index (κ2) is 5.72. The summed E-state index contributed by atoms with van der Waals surface area (Å²) in [6.07, 6.45) is -3.85. The first-order chi connectivity index (χ1) is 9.80. The van der Waals surface area contributed by atoms with Crippen molar-refractivity contribution in [3.05, 3.63) is 34.9 Å². The Morgan fingerprint density at radius 2 is 2.14 bits per heavy atom. The summed E-state index contributed by atoms with van der Waals surface area (Å²) in [5.74, 6) is -0.484. The zero-order chi connectivity index (χ0) is 15.6. The minimum absolute atomic E-state index is 0.00236. The van der Waals surface area contributed by atoms with Crippen LogP contribution in [-0.2, 0) is 6.54 Å². The van der Waals surface area contributed by atoms with Crippen LogP contribution in [0, 0.1) is 0 Å². The van der Waals surface area contributed by atoms with Gasteiger partial charge in [0.2, 0.25) is 0 Å². The summed E-state index contributed by atoms with van der Waals surface area (Å²) in [5.41, 5.74) is -0.267. The molecule has 0 spiro atoms. The number of alkyl halides is 3. The Morgan fingerprint density at radius 1 is 1.43 bits per heavy atom. The SMILES string of the molecule is CC[C@H](O)Cn1cnc2ccc(OC(F)(F)F)cc2c1=O. The quantitative estimate of drug-likeness (QED) is 0.939. The molecule has 1 aromatic heterocycles. The molecule has 1 N–H and O–H groups in total. The van der Waals surface area contributed by atoms with Gasteiger partial charge in [0, 0.05) is 0 Å². The molecule has 2 aromatic rings. The molecule has 0 saturated carbocycles. The second-order valence-corrected chi connectivity index (χ2v) is 4.49. The van der Waals surface area contributed by atoms with Gasteiger partial charge >= 0.3 is 6.36 Å². The first-order valence-electron chi connectivity index (χ1n) is 6.23. The van der Waals surface area contributed by atoms with E-state index in [1.54, 1.807) is 6.92 Å². The molecule has 2 rings (SSSR count). The van der Waals surface area contributed by atoms with Crippen molar-refractivity contribution < 1.29 is 23.0 Å². The van der Waals surface area contributed by atoms with Crippen LogP contribution in [-0.4, -0.2) is 27.1 Å². The van der Waals surface area contributed by atoms with Gasteiger partial charge in [0.25, 0.3) is 5.56 Å². The first kappa shape index (κ1) is 15.3. The fourth-order valence-corrected chi connectivity index (χ4v) is 1.82. The lowest BCUT2D eigenvalue weighted by Crippen LogP contribution is -2.26. The highest BCUT2D eigenvalue weighted by Crippen LogP contribution is 2.24. The van der Waals surface area contributed by atoms with Crippen molar-refractivity contribution in [1.29, 1.82) is 0 Å². The largest absolute Gasteiger partial charge is 0.573 e. The highest BCUT2D eigenvalue weighted by Gasteiger charge is 2.31. The van der Waals surface area contributed by atoms with Crippen molar-refractivity contribution >= 4 is 10.9 Å². The molecular weight excluding hydrogens is 289 g/mol. The number of hydrogen-bond donors (Lipinski definition) is 1. The van der Waals surface area contributed by atoms with Gasteiger partial charge in [-0.15, -0.1) is 13.2 Å². The van der Waals surface area contributed by atoms with Crippen LogP contribution in [0.1, 0.15) is 13.3 Å². The lowest BCUT2D eigenvalue weighted by molar-refractivity contribution is -0.274. The Balaban J connectivity index is 2.44. The van der Waals surface area contributed by atoms with Gasteiger partial charge in [-0.3, -0.25) is 9.36 Å². The molecule has 0 amide bonds. The van der Waals surface area contributed by atoms with E-state index >= 15 is 0 Å². The third-order valence-electron chi connectivity index (χ3n) is 2.91. The van der Waals surface area contributed by atoms with E-state index in [1.807, 2.05) is 0 Å². The van der Waals surface area contributed by atoms with E-state index in [-0.39, 0.29) is 17.4 Å². The van der Waals surface area contributed by atoms with Gasteiger partial charge in [0.05, 0.1) is 29.9 Å². The summed E-state index contributed by atoms with van der Waals surface area (Å²) in [7, 11) is 0. The average molecular weight is 302 g/mol. The minimum Gasteiger partial charge on any atom is -0.406 e. The Morgan fingerprint density at radius 3 is 2.76 bits per heavy atom. The summed E-state index contributed by atoms with van der Waals surface area (Å²) in [6.45, 7) is 1.78. The van der Waals surface area contributed by atoms with Crippen molar-refractivity contribution in [2.75, 3.05) is 0 Å². The first-order valence-corrected chi connectivity index (χ1v) is 6.23. The van der Waals surface area contributed by atoms with Crippen molar-refractivity contribution in [3.8, 4) is 5.75 Å². The van der Waals surface area contributed by atoms with Crippen LogP contribution in [0.25, 0.3) is 10.9 Å². The second-order valence-electron chi connectivity index (χ2n) is 4.49. The van der Waals surface area contributed by atoms with E-state index in [1.165, 1.54) is 12.4 Å². The number of aromatic nitrogens is 2. The van der Waals surface area contributed by atoms with Crippen LogP contribution in [0.3, 0.4) is 0 Å². The van der Waals surface area contributed by atoms with E-state index < -0.39 is 23.8 Å². The normalized spacial score (nSPS) is 13.4. The molecule has 8 heteroatoms. The minimum atomic E-state index is -4.83. The van der Waals surface area contributed by atoms with E-state index in [0.29, 0.717) is 6.42 Å². The summed E-state index contributed by atoms with van der Waals surface area (Å²) in [6, 6.07) is 3.36. The van der Waals surface area contributed by atoms with Crippen molar-refractivity contribution in [2.45, 2.75) is 32.4 Å². The van der Waals surface area contributed by atoms with Gasteiger partial charge in [-0.25, -0.2) is 4.98 Å². The number of rotatable bonds is 4. The van der Waals surface area contributed by atoms with Crippen LogP contribution in [0.4, 0.5) is 13.2 Å².